The number of hydrogen-bond acceptors (Lipinski definition) is 5. The van der Waals surface area contributed by atoms with Crippen molar-refractivity contribution in [2.45, 2.75) is 39.3 Å². The largest absolute Gasteiger partial charge is 0.493 e. The van der Waals surface area contributed by atoms with Gasteiger partial charge in [0.05, 0.1) is 7.11 Å². The number of carbonyl (C=O) groups is 2. The molecule has 0 aromatic heterocycles. The maximum absolute atomic E-state index is 11.9. The number of methoxy groups -OCH3 is 1. The highest BCUT2D eigenvalue weighted by molar-refractivity contribution is 5.83. The minimum absolute atomic E-state index is 0.294. The molecule has 0 aliphatic carbocycles. The summed E-state index contributed by atoms with van der Waals surface area (Å²) >= 11 is 0. The molecule has 1 amide bonds. The van der Waals surface area contributed by atoms with Crippen LogP contribution in [0.15, 0.2) is 24.3 Å². The summed E-state index contributed by atoms with van der Waals surface area (Å²) in [5, 5.41) is 2.42. The topological polar surface area (TPSA) is 73.9 Å². The number of hydrogen-bond donors (Lipinski definition) is 1. The zero-order chi connectivity index (χ0) is 16.0. The molecule has 1 aromatic rings. The van der Waals surface area contributed by atoms with E-state index in [0.717, 1.165) is 0 Å². The van der Waals surface area contributed by atoms with Gasteiger partial charge < -0.3 is 19.5 Å². The van der Waals surface area contributed by atoms with Crippen LogP contribution in [0.25, 0.3) is 0 Å². The first-order valence-electron chi connectivity index (χ1n) is 6.57. The Kier molecular flexibility index (Phi) is 5.58. The highest BCUT2D eigenvalue weighted by Crippen LogP contribution is 2.26. The minimum Gasteiger partial charge on any atom is -0.493 e. The van der Waals surface area contributed by atoms with E-state index in [4.69, 9.17) is 14.2 Å². The molecule has 116 valence electrons. The molecule has 6 nitrogen and oxygen atoms in total. The van der Waals surface area contributed by atoms with Crippen molar-refractivity contribution in [2.24, 2.45) is 0 Å². The van der Waals surface area contributed by atoms with Gasteiger partial charge in [-0.2, -0.15) is 0 Å². The summed E-state index contributed by atoms with van der Waals surface area (Å²) in [5.41, 5.74) is -0.629. The number of para-hydroxylation sites is 2. The van der Waals surface area contributed by atoms with E-state index < -0.39 is 23.7 Å². The summed E-state index contributed by atoms with van der Waals surface area (Å²) in [4.78, 5) is 23.5. The Morgan fingerprint density at radius 1 is 1.14 bits per heavy atom. The first-order valence-corrected chi connectivity index (χ1v) is 6.57. The lowest BCUT2D eigenvalue weighted by Crippen LogP contribution is -2.43. The van der Waals surface area contributed by atoms with Gasteiger partial charge >= 0.3 is 12.1 Å². The van der Waals surface area contributed by atoms with Crippen LogP contribution in [0.4, 0.5) is 4.79 Å². The molecule has 0 aliphatic heterocycles. The lowest BCUT2D eigenvalue weighted by atomic mass is 10.2. The Balaban J connectivity index is 2.61. The van der Waals surface area contributed by atoms with E-state index >= 15 is 0 Å². The average Bonchev–Trinajstić information content (AvgIpc) is 2.36. The molecule has 0 unspecified atom stereocenters. The second-order valence-corrected chi connectivity index (χ2v) is 5.44. The lowest BCUT2D eigenvalue weighted by Gasteiger charge is -2.21. The van der Waals surface area contributed by atoms with Crippen LogP contribution in [0.1, 0.15) is 27.7 Å². The zero-order valence-electron chi connectivity index (χ0n) is 12.9. The van der Waals surface area contributed by atoms with Crippen molar-refractivity contribution in [3.05, 3.63) is 24.3 Å². The summed E-state index contributed by atoms with van der Waals surface area (Å²) in [6.45, 7) is 6.74. The molecule has 0 fully saturated rings. The van der Waals surface area contributed by atoms with Crippen LogP contribution < -0.4 is 14.8 Å². The van der Waals surface area contributed by atoms with Gasteiger partial charge in [-0.1, -0.05) is 12.1 Å². The molecule has 0 bridgehead atoms. The molecule has 1 N–H and O–H groups in total. The van der Waals surface area contributed by atoms with Crippen LogP contribution in [0.2, 0.25) is 0 Å². The molecule has 0 saturated carbocycles. The van der Waals surface area contributed by atoms with Gasteiger partial charge in [0.15, 0.2) is 11.5 Å². The lowest BCUT2D eigenvalue weighted by molar-refractivity contribution is -0.136. The van der Waals surface area contributed by atoms with E-state index in [9.17, 15) is 9.59 Å². The van der Waals surface area contributed by atoms with Crippen molar-refractivity contribution in [2.75, 3.05) is 7.11 Å². The molecule has 1 atom stereocenters. The SMILES string of the molecule is COc1ccccc1OC(=O)[C@H](C)NC(=O)OC(C)(C)C. The van der Waals surface area contributed by atoms with Gasteiger partial charge in [-0.05, 0) is 39.8 Å². The quantitative estimate of drug-likeness (QED) is 0.682. The minimum atomic E-state index is -0.843. The van der Waals surface area contributed by atoms with Gasteiger partial charge in [-0.3, -0.25) is 0 Å². The van der Waals surface area contributed by atoms with E-state index in [1.165, 1.54) is 14.0 Å². The van der Waals surface area contributed by atoms with Crippen LogP contribution in [0.5, 0.6) is 11.5 Å². The number of amides is 1. The van der Waals surface area contributed by atoms with E-state index in [-0.39, 0.29) is 0 Å². The Morgan fingerprint density at radius 2 is 1.71 bits per heavy atom. The highest BCUT2D eigenvalue weighted by Gasteiger charge is 2.22. The van der Waals surface area contributed by atoms with Crippen LogP contribution in [0, 0.1) is 0 Å². The Hall–Kier alpha value is -2.24. The smallest absolute Gasteiger partial charge is 0.408 e. The Morgan fingerprint density at radius 3 is 2.24 bits per heavy atom. The van der Waals surface area contributed by atoms with Crippen LogP contribution >= 0.6 is 0 Å². The predicted octanol–water partition coefficient (Wildman–Crippen LogP) is 2.51. The van der Waals surface area contributed by atoms with E-state index in [1.54, 1.807) is 45.0 Å². The van der Waals surface area contributed by atoms with Crippen molar-refractivity contribution in [3.63, 3.8) is 0 Å². The van der Waals surface area contributed by atoms with Gasteiger partial charge in [-0.25, -0.2) is 9.59 Å². The summed E-state index contributed by atoms with van der Waals surface area (Å²) in [6, 6.07) is 5.92. The highest BCUT2D eigenvalue weighted by atomic mass is 16.6. The van der Waals surface area contributed by atoms with Crippen molar-refractivity contribution in [1.29, 1.82) is 0 Å². The number of rotatable bonds is 4. The molecule has 0 radical (unpaired) electrons. The second kappa shape index (κ2) is 6.97. The van der Waals surface area contributed by atoms with Crippen LogP contribution in [0.3, 0.4) is 0 Å². The van der Waals surface area contributed by atoms with E-state index in [1.807, 2.05) is 0 Å². The number of ether oxygens (including phenoxy) is 3. The monoisotopic (exact) mass is 295 g/mol. The van der Waals surface area contributed by atoms with Gasteiger partial charge in [-0.15, -0.1) is 0 Å². The average molecular weight is 295 g/mol. The molecule has 0 aliphatic rings. The first kappa shape index (κ1) is 16.8. The maximum Gasteiger partial charge on any atom is 0.408 e. The molecule has 0 spiro atoms. The van der Waals surface area contributed by atoms with Gasteiger partial charge in [0.2, 0.25) is 0 Å². The summed E-state index contributed by atoms with van der Waals surface area (Å²) < 4.78 is 15.3. The molecule has 6 heteroatoms. The molecule has 1 rings (SSSR count). The normalized spacial score (nSPS) is 12.2. The maximum atomic E-state index is 11.9. The number of alkyl carbamates (subject to hydrolysis) is 1. The van der Waals surface area contributed by atoms with Gasteiger partial charge in [0.25, 0.3) is 0 Å². The zero-order valence-corrected chi connectivity index (χ0v) is 12.9. The fraction of sp³-hybridized carbons (Fsp3) is 0.467. The van der Waals surface area contributed by atoms with Crippen LogP contribution in [-0.4, -0.2) is 30.8 Å². The van der Waals surface area contributed by atoms with Crippen LogP contribution in [-0.2, 0) is 9.53 Å². The third-order valence-corrected chi connectivity index (χ3v) is 2.37. The van der Waals surface area contributed by atoms with Crippen molar-refractivity contribution in [3.8, 4) is 11.5 Å². The summed E-state index contributed by atoms with van der Waals surface area (Å²) in [5.74, 6) is 0.128. The number of carbonyl (C=O) groups excluding carboxylic acids is 2. The van der Waals surface area contributed by atoms with Crippen molar-refractivity contribution < 1.29 is 23.8 Å². The Bertz CT molecular complexity index is 507. The number of benzene rings is 1. The number of esters is 1. The van der Waals surface area contributed by atoms with Crippen molar-refractivity contribution >= 4 is 12.1 Å². The summed E-state index contributed by atoms with van der Waals surface area (Å²) in [7, 11) is 1.48. The standard InChI is InChI=1S/C15H21NO5/c1-10(16-14(18)21-15(2,3)4)13(17)20-12-9-7-6-8-11(12)19-5/h6-10H,1-5H3,(H,16,18)/t10-/m0/s1. The molecule has 21 heavy (non-hydrogen) atoms. The van der Waals surface area contributed by atoms with Gasteiger partial charge in [0, 0.05) is 0 Å². The Labute approximate surface area is 124 Å². The predicted molar refractivity (Wildman–Crippen MR) is 77.5 cm³/mol. The molecule has 1 aromatic carbocycles. The molecule has 0 heterocycles. The molecule has 0 saturated heterocycles. The fourth-order valence-corrected chi connectivity index (χ4v) is 1.44. The fourth-order valence-electron chi connectivity index (χ4n) is 1.44. The number of nitrogens with one attached hydrogen (secondary N) is 1. The second-order valence-electron chi connectivity index (χ2n) is 5.44. The third kappa shape index (κ3) is 5.72. The first-order chi connectivity index (χ1) is 9.73. The van der Waals surface area contributed by atoms with E-state index in [0.29, 0.717) is 11.5 Å². The molecular formula is C15H21NO5. The van der Waals surface area contributed by atoms with E-state index in [2.05, 4.69) is 5.32 Å². The van der Waals surface area contributed by atoms with Crippen molar-refractivity contribution in [1.82, 2.24) is 5.32 Å². The summed E-state index contributed by atoms with van der Waals surface area (Å²) in [6.07, 6.45) is -0.674. The third-order valence-electron chi connectivity index (χ3n) is 2.37. The van der Waals surface area contributed by atoms with Gasteiger partial charge in [0.1, 0.15) is 11.6 Å². The molecular weight excluding hydrogens is 274 g/mol.